The molecule has 0 radical (unpaired) electrons. The zero-order valence-electron chi connectivity index (χ0n) is 15.2. The van der Waals surface area contributed by atoms with Crippen LogP contribution in [0.15, 0.2) is 30.6 Å². The number of ether oxygens (including phenoxy) is 1. The van der Waals surface area contributed by atoms with Gasteiger partial charge in [-0.3, -0.25) is 10.1 Å². The van der Waals surface area contributed by atoms with Gasteiger partial charge < -0.3 is 20.1 Å². The summed E-state index contributed by atoms with van der Waals surface area (Å²) in [7, 11) is 1.53. The third-order valence-electron chi connectivity index (χ3n) is 4.72. The van der Waals surface area contributed by atoms with Crippen molar-refractivity contribution in [3.05, 3.63) is 46.3 Å². The quantitative estimate of drug-likeness (QED) is 0.562. The summed E-state index contributed by atoms with van der Waals surface area (Å²) < 4.78 is 5.28. The summed E-state index contributed by atoms with van der Waals surface area (Å²) in [6, 6.07) is 6.38. The van der Waals surface area contributed by atoms with Gasteiger partial charge in [0.2, 0.25) is 0 Å². The number of nitrogens with zero attached hydrogens (tertiary/aromatic N) is 4. The minimum Gasteiger partial charge on any atom is -0.496 e. The SMILES string of the molecule is COc1ccc([N+](=O)[O-])cc1CNc1cc(N2CCCCC2CO)ncn1. The molecule has 1 aromatic heterocycles. The number of hydrogen-bond donors (Lipinski definition) is 2. The third kappa shape index (κ3) is 4.43. The van der Waals surface area contributed by atoms with Gasteiger partial charge >= 0.3 is 0 Å². The number of aromatic nitrogens is 2. The summed E-state index contributed by atoms with van der Waals surface area (Å²) in [6.45, 7) is 1.27. The number of anilines is 2. The molecule has 144 valence electrons. The molecule has 0 aliphatic carbocycles. The Kier molecular flexibility index (Phi) is 6.02. The monoisotopic (exact) mass is 373 g/mol. The standard InChI is InChI=1S/C18H23N5O4/c1-27-16-6-5-14(23(25)26)8-13(16)10-19-17-9-18(21-12-20-17)22-7-3-2-4-15(22)11-24/h5-6,8-9,12,15,24H,2-4,7,10-11H2,1H3,(H,19,20,21). The molecule has 3 rings (SSSR count). The Morgan fingerprint density at radius 3 is 2.96 bits per heavy atom. The first-order valence-electron chi connectivity index (χ1n) is 8.87. The topological polar surface area (TPSA) is 114 Å². The van der Waals surface area contributed by atoms with E-state index in [1.807, 2.05) is 6.07 Å². The lowest BCUT2D eigenvalue weighted by Crippen LogP contribution is -2.42. The highest BCUT2D eigenvalue weighted by Crippen LogP contribution is 2.26. The maximum absolute atomic E-state index is 11.0. The first-order chi connectivity index (χ1) is 13.1. The summed E-state index contributed by atoms with van der Waals surface area (Å²) in [5.74, 6) is 1.94. The lowest BCUT2D eigenvalue weighted by molar-refractivity contribution is -0.384. The molecule has 0 saturated carbocycles. The van der Waals surface area contributed by atoms with Crippen LogP contribution in [0.3, 0.4) is 0 Å². The molecule has 1 saturated heterocycles. The van der Waals surface area contributed by atoms with Gasteiger partial charge in [-0.25, -0.2) is 9.97 Å². The van der Waals surface area contributed by atoms with Crippen molar-refractivity contribution in [3.8, 4) is 5.75 Å². The van der Waals surface area contributed by atoms with E-state index in [9.17, 15) is 15.2 Å². The van der Waals surface area contributed by atoms with E-state index in [1.165, 1.54) is 25.6 Å². The van der Waals surface area contributed by atoms with Gasteiger partial charge in [-0.15, -0.1) is 0 Å². The molecule has 27 heavy (non-hydrogen) atoms. The minimum atomic E-state index is -0.433. The summed E-state index contributed by atoms with van der Waals surface area (Å²) >= 11 is 0. The van der Waals surface area contributed by atoms with E-state index in [1.54, 1.807) is 6.07 Å². The van der Waals surface area contributed by atoms with Crippen molar-refractivity contribution in [2.75, 3.05) is 30.5 Å². The Hall–Kier alpha value is -2.94. The molecule has 1 atom stereocenters. The Bertz CT molecular complexity index is 801. The fourth-order valence-electron chi connectivity index (χ4n) is 3.30. The van der Waals surface area contributed by atoms with Gasteiger partial charge in [-0.2, -0.15) is 0 Å². The number of aliphatic hydroxyl groups is 1. The highest BCUT2D eigenvalue weighted by molar-refractivity contribution is 5.51. The minimum absolute atomic E-state index is 0.00933. The summed E-state index contributed by atoms with van der Waals surface area (Å²) in [5.41, 5.74) is 0.674. The van der Waals surface area contributed by atoms with E-state index in [4.69, 9.17) is 4.74 Å². The average molecular weight is 373 g/mol. The molecule has 2 heterocycles. The molecule has 9 heteroatoms. The smallest absolute Gasteiger partial charge is 0.270 e. The number of nitro groups is 1. The second-order valence-electron chi connectivity index (χ2n) is 6.39. The highest BCUT2D eigenvalue weighted by Gasteiger charge is 2.23. The van der Waals surface area contributed by atoms with E-state index >= 15 is 0 Å². The van der Waals surface area contributed by atoms with Crippen LogP contribution in [-0.2, 0) is 6.54 Å². The van der Waals surface area contributed by atoms with Crippen LogP contribution < -0.4 is 15.0 Å². The zero-order valence-corrected chi connectivity index (χ0v) is 15.2. The molecule has 1 aliphatic heterocycles. The predicted molar refractivity (Wildman–Crippen MR) is 101 cm³/mol. The average Bonchev–Trinajstić information content (AvgIpc) is 2.72. The lowest BCUT2D eigenvalue weighted by Gasteiger charge is -2.35. The summed E-state index contributed by atoms with van der Waals surface area (Å²) in [6.07, 6.45) is 4.58. The van der Waals surface area contributed by atoms with Crippen LogP contribution in [0.25, 0.3) is 0 Å². The number of rotatable bonds is 7. The lowest BCUT2D eigenvalue weighted by atomic mass is 10.0. The summed E-state index contributed by atoms with van der Waals surface area (Å²) in [4.78, 5) is 21.2. The van der Waals surface area contributed by atoms with Crippen LogP contribution in [0.4, 0.5) is 17.3 Å². The zero-order chi connectivity index (χ0) is 19.2. The molecule has 1 aromatic carbocycles. The van der Waals surface area contributed by atoms with Crippen LogP contribution in [0.5, 0.6) is 5.75 Å². The number of nitrogens with one attached hydrogen (secondary N) is 1. The second-order valence-corrected chi connectivity index (χ2v) is 6.39. The van der Waals surface area contributed by atoms with Gasteiger partial charge in [0.15, 0.2) is 0 Å². The number of methoxy groups -OCH3 is 1. The second kappa shape index (κ2) is 8.63. The molecular weight excluding hydrogens is 350 g/mol. The van der Waals surface area contributed by atoms with Crippen LogP contribution in [0.1, 0.15) is 24.8 Å². The van der Waals surface area contributed by atoms with Gasteiger partial charge in [0.05, 0.1) is 24.7 Å². The van der Waals surface area contributed by atoms with Gasteiger partial charge in [-0.1, -0.05) is 0 Å². The number of piperidine rings is 1. The molecule has 0 spiro atoms. The third-order valence-corrected chi connectivity index (χ3v) is 4.72. The fourth-order valence-corrected chi connectivity index (χ4v) is 3.30. The van der Waals surface area contributed by atoms with Crippen molar-refractivity contribution < 1.29 is 14.8 Å². The van der Waals surface area contributed by atoms with Crippen LogP contribution in [-0.4, -0.2) is 46.3 Å². The molecule has 0 amide bonds. The first-order valence-corrected chi connectivity index (χ1v) is 8.87. The maximum atomic E-state index is 11.0. The molecule has 1 unspecified atom stereocenters. The van der Waals surface area contributed by atoms with Gasteiger partial charge in [0, 0.05) is 36.9 Å². The van der Waals surface area contributed by atoms with Crippen LogP contribution in [0, 0.1) is 10.1 Å². The van der Waals surface area contributed by atoms with E-state index in [-0.39, 0.29) is 18.3 Å². The molecule has 0 bridgehead atoms. The first kappa shape index (κ1) is 18.8. The molecule has 1 aliphatic rings. The van der Waals surface area contributed by atoms with E-state index in [0.29, 0.717) is 23.7 Å². The number of benzene rings is 1. The molecule has 1 fully saturated rings. The van der Waals surface area contributed by atoms with Crippen molar-refractivity contribution in [2.24, 2.45) is 0 Å². The van der Waals surface area contributed by atoms with Crippen molar-refractivity contribution >= 4 is 17.3 Å². The summed E-state index contributed by atoms with van der Waals surface area (Å²) in [5, 5.41) is 23.8. The number of aliphatic hydroxyl groups excluding tert-OH is 1. The Labute approximate surface area is 157 Å². The van der Waals surface area contributed by atoms with Gasteiger partial charge in [0.1, 0.15) is 23.7 Å². The number of non-ortho nitro benzene ring substituents is 1. The van der Waals surface area contributed by atoms with Crippen LogP contribution in [0.2, 0.25) is 0 Å². The normalized spacial score (nSPS) is 16.8. The van der Waals surface area contributed by atoms with Crippen molar-refractivity contribution in [1.29, 1.82) is 0 Å². The van der Waals surface area contributed by atoms with Crippen molar-refractivity contribution in [2.45, 2.75) is 31.8 Å². The molecular formula is C18H23N5O4. The largest absolute Gasteiger partial charge is 0.496 e. The Balaban J connectivity index is 1.75. The van der Waals surface area contributed by atoms with E-state index < -0.39 is 4.92 Å². The maximum Gasteiger partial charge on any atom is 0.270 e. The molecule has 2 N–H and O–H groups in total. The van der Waals surface area contributed by atoms with Gasteiger partial charge in [-0.05, 0) is 25.3 Å². The Morgan fingerprint density at radius 2 is 2.22 bits per heavy atom. The number of nitro benzene ring substituents is 1. The van der Waals surface area contributed by atoms with Crippen LogP contribution >= 0.6 is 0 Å². The highest BCUT2D eigenvalue weighted by atomic mass is 16.6. The predicted octanol–water partition coefficient (Wildman–Crippen LogP) is 2.36. The van der Waals surface area contributed by atoms with E-state index in [2.05, 4.69) is 20.2 Å². The van der Waals surface area contributed by atoms with E-state index in [0.717, 1.165) is 31.6 Å². The molecule has 2 aromatic rings. The Morgan fingerprint density at radius 1 is 1.37 bits per heavy atom. The number of hydrogen-bond acceptors (Lipinski definition) is 8. The van der Waals surface area contributed by atoms with Crippen molar-refractivity contribution in [3.63, 3.8) is 0 Å². The van der Waals surface area contributed by atoms with Crippen molar-refractivity contribution in [1.82, 2.24) is 9.97 Å². The molecule has 9 nitrogen and oxygen atoms in total. The van der Waals surface area contributed by atoms with Gasteiger partial charge in [0.25, 0.3) is 5.69 Å². The fraction of sp³-hybridized carbons (Fsp3) is 0.444.